The van der Waals surface area contributed by atoms with Gasteiger partial charge in [-0.3, -0.25) is 19.1 Å². The van der Waals surface area contributed by atoms with Gasteiger partial charge < -0.3 is 9.84 Å². The monoisotopic (exact) mass is 306 g/mol. The smallest absolute Gasteiger partial charge is 0.328 e. The maximum Gasteiger partial charge on any atom is 0.328 e. The van der Waals surface area contributed by atoms with Gasteiger partial charge in [-0.05, 0) is 15.9 Å². The molecule has 94 valence electrons. The van der Waals surface area contributed by atoms with Gasteiger partial charge in [0.15, 0.2) is 0 Å². The van der Waals surface area contributed by atoms with Crippen LogP contribution in [0.3, 0.4) is 0 Å². The Bertz CT molecular complexity index is 507. The molecule has 7 nitrogen and oxygen atoms in total. The zero-order valence-electron chi connectivity index (χ0n) is 8.81. The lowest BCUT2D eigenvalue weighted by Gasteiger charge is -2.05. The maximum atomic E-state index is 11.3. The fraction of sp³-hybridized carbons (Fsp3) is 0.444. The fourth-order valence-corrected chi connectivity index (χ4v) is 1.44. The summed E-state index contributed by atoms with van der Waals surface area (Å²) in [5.74, 6) is -0.520. The SMILES string of the molecule is O=C(CCn1cc(Br)c(=O)[nH]c1=O)OCCO. The van der Waals surface area contributed by atoms with Crippen LogP contribution >= 0.6 is 15.9 Å². The number of nitrogens with one attached hydrogen (secondary N) is 1. The van der Waals surface area contributed by atoms with Gasteiger partial charge in [0.2, 0.25) is 0 Å². The van der Waals surface area contributed by atoms with Gasteiger partial charge in [0.05, 0.1) is 17.5 Å². The van der Waals surface area contributed by atoms with Crippen LogP contribution in [-0.4, -0.2) is 33.8 Å². The van der Waals surface area contributed by atoms with Gasteiger partial charge in [-0.1, -0.05) is 0 Å². The highest BCUT2D eigenvalue weighted by molar-refractivity contribution is 9.10. The molecule has 1 aromatic rings. The number of aliphatic hydroxyl groups excluding tert-OH is 1. The zero-order chi connectivity index (χ0) is 12.8. The third-order valence-corrected chi connectivity index (χ3v) is 2.44. The first-order chi connectivity index (χ1) is 8.04. The highest BCUT2D eigenvalue weighted by Gasteiger charge is 2.06. The average Bonchev–Trinajstić information content (AvgIpc) is 2.29. The number of carbonyl (C=O) groups is 1. The Labute approximate surface area is 104 Å². The van der Waals surface area contributed by atoms with E-state index in [1.165, 1.54) is 10.8 Å². The second kappa shape index (κ2) is 6.36. The Morgan fingerprint density at radius 1 is 1.53 bits per heavy atom. The van der Waals surface area contributed by atoms with Crippen LogP contribution in [0.2, 0.25) is 0 Å². The number of aromatic nitrogens is 2. The van der Waals surface area contributed by atoms with Gasteiger partial charge in [0.25, 0.3) is 5.56 Å². The van der Waals surface area contributed by atoms with Gasteiger partial charge in [-0.2, -0.15) is 0 Å². The van der Waals surface area contributed by atoms with E-state index in [0.29, 0.717) is 0 Å². The van der Waals surface area contributed by atoms with Crippen molar-refractivity contribution in [1.82, 2.24) is 9.55 Å². The van der Waals surface area contributed by atoms with Crippen molar-refractivity contribution in [3.8, 4) is 0 Å². The normalized spacial score (nSPS) is 10.2. The van der Waals surface area contributed by atoms with E-state index < -0.39 is 17.2 Å². The summed E-state index contributed by atoms with van der Waals surface area (Å²) in [7, 11) is 0. The first kappa shape index (κ1) is 13.7. The minimum atomic E-state index is -0.590. The van der Waals surface area contributed by atoms with E-state index in [-0.39, 0.29) is 30.7 Å². The predicted octanol–water partition coefficient (Wildman–Crippen LogP) is -0.775. The summed E-state index contributed by atoms with van der Waals surface area (Å²) in [5, 5.41) is 8.43. The van der Waals surface area contributed by atoms with Crippen LogP contribution in [0.25, 0.3) is 0 Å². The lowest BCUT2D eigenvalue weighted by atomic mass is 10.4. The van der Waals surface area contributed by atoms with Crippen LogP contribution in [0.15, 0.2) is 20.3 Å². The summed E-state index contributed by atoms with van der Waals surface area (Å²) in [5.41, 5.74) is -1.11. The third-order valence-electron chi connectivity index (χ3n) is 1.88. The Hall–Kier alpha value is -1.41. The minimum Gasteiger partial charge on any atom is -0.463 e. The molecular formula is C9H11BrN2O5. The predicted molar refractivity (Wildman–Crippen MR) is 61.7 cm³/mol. The number of aromatic amines is 1. The number of carbonyl (C=O) groups excluding carboxylic acids is 1. The zero-order valence-corrected chi connectivity index (χ0v) is 10.4. The molecule has 0 spiro atoms. The average molecular weight is 307 g/mol. The van der Waals surface area contributed by atoms with Crippen molar-refractivity contribution in [2.75, 3.05) is 13.2 Å². The van der Waals surface area contributed by atoms with Crippen molar-refractivity contribution in [1.29, 1.82) is 0 Å². The number of aryl methyl sites for hydroxylation is 1. The molecule has 0 saturated heterocycles. The molecule has 0 fully saturated rings. The largest absolute Gasteiger partial charge is 0.463 e. The number of nitrogens with zero attached hydrogens (tertiary/aromatic N) is 1. The van der Waals surface area contributed by atoms with Crippen LogP contribution in [0.5, 0.6) is 0 Å². The summed E-state index contributed by atoms with van der Waals surface area (Å²) < 4.78 is 6.01. The number of ether oxygens (including phenoxy) is 1. The van der Waals surface area contributed by atoms with E-state index in [1.807, 2.05) is 0 Å². The second-order valence-electron chi connectivity index (χ2n) is 3.12. The van der Waals surface area contributed by atoms with Crippen molar-refractivity contribution in [3.63, 3.8) is 0 Å². The topological polar surface area (TPSA) is 101 Å². The summed E-state index contributed by atoms with van der Waals surface area (Å²) in [4.78, 5) is 35.5. The lowest BCUT2D eigenvalue weighted by molar-refractivity contribution is -0.144. The lowest BCUT2D eigenvalue weighted by Crippen LogP contribution is -2.30. The van der Waals surface area contributed by atoms with Crippen LogP contribution in [0, 0.1) is 0 Å². The van der Waals surface area contributed by atoms with Crippen molar-refractivity contribution in [2.45, 2.75) is 13.0 Å². The highest BCUT2D eigenvalue weighted by atomic mass is 79.9. The third kappa shape index (κ3) is 4.16. The van der Waals surface area contributed by atoms with E-state index in [9.17, 15) is 14.4 Å². The van der Waals surface area contributed by atoms with E-state index in [4.69, 9.17) is 5.11 Å². The maximum absolute atomic E-state index is 11.3. The van der Waals surface area contributed by atoms with Crippen LogP contribution in [0.4, 0.5) is 0 Å². The molecule has 17 heavy (non-hydrogen) atoms. The molecule has 0 radical (unpaired) electrons. The van der Waals surface area contributed by atoms with E-state index in [2.05, 4.69) is 25.7 Å². The van der Waals surface area contributed by atoms with Crippen molar-refractivity contribution >= 4 is 21.9 Å². The second-order valence-corrected chi connectivity index (χ2v) is 3.98. The summed E-state index contributed by atoms with van der Waals surface area (Å²) in [6, 6.07) is 0. The number of H-pyrrole nitrogens is 1. The Morgan fingerprint density at radius 3 is 2.88 bits per heavy atom. The number of aliphatic hydroxyl groups is 1. The molecule has 1 heterocycles. The Balaban J connectivity index is 2.64. The van der Waals surface area contributed by atoms with E-state index >= 15 is 0 Å². The number of hydrogen-bond acceptors (Lipinski definition) is 5. The molecule has 2 N–H and O–H groups in total. The number of hydrogen-bond donors (Lipinski definition) is 2. The number of esters is 1. The standard InChI is InChI=1S/C9H11BrN2O5/c10-6-5-12(9(16)11-8(6)15)2-1-7(14)17-4-3-13/h5,13H,1-4H2,(H,11,15,16). The fourth-order valence-electron chi connectivity index (χ4n) is 1.09. The summed E-state index contributed by atoms with van der Waals surface area (Å²) >= 11 is 2.98. The highest BCUT2D eigenvalue weighted by Crippen LogP contribution is 1.99. The molecule has 1 aromatic heterocycles. The molecule has 0 aromatic carbocycles. The van der Waals surface area contributed by atoms with Crippen molar-refractivity contribution in [3.05, 3.63) is 31.5 Å². The van der Waals surface area contributed by atoms with Gasteiger partial charge in [-0.25, -0.2) is 4.79 Å². The Kier molecular flexibility index (Phi) is 5.11. The summed E-state index contributed by atoms with van der Waals surface area (Å²) in [6.45, 7) is -0.211. The Morgan fingerprint density at radius 2 is 2.24 bits per heavy atom. The van der Waals surface area contributed by atoms with Gasteiger partial charge in [-0.15, -0.1) is 0 Å². The molecule has 0 bridgehead atoms. The molecule has 0 atom stereocenters. The first-order valence-corrected chi connectivity index (χ1v) is 5.59. The van der Waals surface area contributed by atoms with E-state index in [1.54, 1.807) is 0 Å². The molecule has 0 aliphatic heterocycles. The van der Waals surface area contributed by atoms with Crippen LogP contribution in [0.1, 0.15) is 6.42 Å². The van der Waals surface area contributed by atoms with Gasteiger partial charge in [0.1, 0.15) is 6.61 Å². The molecule has 0 unspecified atom stereocenters. The van der Waals surface area contributed by atoms with Crippen LogP contribution < -0.4 is 11.2 Å². The summed E-state index contributed by atoms with van der Waals surface area (Å²) in [6.07, 6.45) is 1.29. The van der Waals surface area contributed by atoms with Crippen molar-refractivity contribution < 1.29 is 14.6 Å². The van der Waals surface area contributed by atoms with E-state index in [0.717, 1.165) is 0 Å². The minimum absolute atomic E-state index is 0.0155. The molecule has 0 aliphatic rings. The molecule has 0 amide bonds. The quantitative estimate of drug-likeness (QED) is 0.695. The molecular weight excluding hydrogens is 296 g/mol. The molecule has 1 rings (SSSR count). The molecule has 0 saturated carbocycles. The number of halogens is 1. The van der Waals surface area contributed by atoms with Gasteiger partial charge in [0, 0.05) is 12.7 Å². The van der Waals surface area contributed by atoms with Crippen LogP contribution in [-0.2, 0) is 16.1 Å². The number of rotatable bonds is 5. The first-order valence-electron chi connectivity index (χ1n) is 4.80. The van der Waals surface area contributed by atoms with Crippen molar-refractivity contribution in [2.24, 2.45) is 0 Å². The molecule has 8 heteroatoms. The van der Waals surface area contributed by atoms with Gasteiger partial charge >= 0.3 is 11.7 Å². The molecule has 0 aliphatic carbocycles.